The Labute approximate surface area is 184 Å². The summed E-state index contributed by atoms with van der Waals surface area (Å²) >= 11 is 0. The Hall–Kier alpha value is -4.74. The lowest BCUT2D eigenvalue weighted by molar-refractivity contribution is 0.00445. The van der Waals surface area contributed by atoms with E-state index in [2.05, 4.69) is 0 Å². The van der Waals surface area contributed by atoms with Crippen molar-refractivity contribution in [2.45, 2.75) is 13.0 Å². The van der Waals surface area contributed by atoms with Gasteiger partial charge in [-0.15, -0.1) is 0 Å². The predicted octanol–water partition coefficient (Wildman–Crippen LogP) is 1.88. The van der Waals surface area contributed by atoms with E-state index in [0.29, 0.717) is 0 Å². The molecular formula is C21H16O12. The number of carboxylic acids is 4. The van der Waals surface area contributed by atoms with Gasteiger partial charge in [-0.2, -0.15) is 0 Å². The minimum absolute atomic E-state index is 0.244. The quantitative estimate of drug-likeness (QED) is 0.396. The van der Waals surface area contributed by atoms with Gasteiger partial charge in [-0.05, 0) is 43.3 Å². The molecule has 0 spiro atoms. The number of rotatable bonds is 9. The summed E-state index contributed by atoms with van der Waals surface area (Å²) in [5.41, 5.74) is -2.76. The molecule has 0 aromatic heterocycles. The molecule has 0 heterocycles. The molecule has 0 aliphatic carbocycles. The molecule has 0 amide bonds. The van der Waals surface area contributed by atoms with Crippen LogP contribution in [0.25, 0.3) is 0 Å². The maximum absolute atomic E-state index is 12.2. The first-order valence-corrected chi connectivity index (χ1v) is 9.01. The number of esters is 2. The molecule has 12 heteroatoms. The molecule has 1 atom stereocenters. The van der Waals surface area contributed by atoms with Crippen molar-refractivity contribution in [2.75, 3.05) is 6.61 Å². The fourth-order valence-electron chi connectivity index (χ4n) is 2.63. The lowest BCUT2D eigenvalue weighted by Crippen LogP contribution is -2.23. The Balaban J connectivity index is 2.06. The average Bonchev–Trinajstić information content (AvgIpc) is 2.76. The normalized spacial score (nSPS) is 11.2. The number of hydrogen-bond acceptors (Lipinski definition) is 8. The molecule has 2 rings (SSSR count). The maximum atomic E-state index is 12.2. The topological polar surface area (TPSA) is 202 Å². The maximum Gasteiger partial charge on any atom is 0.338 e. The van der Waals surface area contributed by atoms with Crippen molar-refractivity contribution in [3.05, 3.63) is 69.8 Å². The van der Waals surface area contributed by atoms with Gasteiger partial charge in [-0.3, -0.25) is 0 Å². The van der Waals surface area contributed by atoms with Gasteiger partial charge in [0.1, 0.15) is 12.7 Å². The highest BCUT2D eigenvalue weighted by atomic mass is 16.6. The van der Waals surface area contributed by atoms with Crippen LogP contribution in [0.5, 0.6) is 0 Å². The third-order valence-corrected chi connectivity index (χ3v) is 4.19. The molecule has 0 radical (unpaired) electrons. The molecule has 0 saturated carbocycles. The Morgan fingerprint density at radius 1 is 0.667 bits per heavy atom. The third-order valence-electron chi connectivity index (χ3n) is 4.19. The number of ether oxygens (including phenoxy) is 2. The van der Waals surface area contributed by atoms with Crippen LogP contribution in [0.3, 0.4) is 0 Å². The highest BCUT2D eigenvalue weighted by Gasteiger charge is 2.22. The van der Waals surface area contributed by atoms with Crippen LogP contribution in [0, 0.1) is 0 Å². The van der Waals surface area contributed by atoms with Crippen LogP contribution in [-0.2, 0) is 9.47 Å². The lowest BCUT2D eigenvalue weighted by atomic mass is 10.0. The van der Waals surface area contributed by atoms with E-state index in [9.17, 15) is 28.8 Å². The number of carbonyl (C=O) groups is 6. The van der Waals surface area contributed by atoms with E-state index in [1.54, 1.807) is 0 Å². The SMILES string of the molecule is CC(COC(=O)c1ccc(C(=O)O)c(C(=O)O)c1)OC(=O)c1ccc(C(=O)O)c(C(=O)O)c1. The van der Waals surface area contributed by atoms with E-state index in [1.165, 1.54) is 6.92 Å². The van der Waals surface area contributed by atoms with Gasteiger partial charge in [0.15, 0.2) is 0 Å². The van der Waals surface area contributed by atoms with E-state index in [4.69, 9.17) is 29.9 Å². The highest BCUT2D eigenvalue weighted by molar-refractivity contribution is 6.04. The van der Waals surface area contributed by atoms with Crippen LogP contribution in [0.1, 0.15) is 69.1 Å². The number of benzene rings is 2. The van der Waals surface area contributed by atoms with Crippen molar-refractivity contribution in [3.63, 3.8) is 0 Å². The zero-order valence-corrected chi connectivity index (χ0v) is 16.8. The molecule has 172 valence electrons. The second-order valence-corrected chi connectivity index (χ2v) is 6.56. The van der Waals surface area contributed by atoms with Crippen molar-refractivity contribution in [3.8, 4) is 0 Å². The van der Waals surface area contributed by atoms with Gasteiger partial charge in [-0.1, -0.05) is 0 Å². The smallest absolute Gasteiger partial charge is 0.338 e. The summed E-state index contributed by atoms with van der Waals surface area (Å²) in [6.07, 6.45) is -1.02. The largest absolute Gasteiger partial charge is 0.478 e. The van der Waals surface area contributed by atoms with Crippen LogP contribution in [0.2, 0.25) is 0 Å². The molecule has 0 saturated heterocycles. The Kier molecular flexibility index (Phi) is 7.47. The van der Waals surface area contributed by atoms with Crippen molar-refractivity contribution in [1.29, 1.82) is 0 Å². The summed E-state index contributed by atoms with van der Waals surface area (Å²) in [6, 6.07) is 5.67. The van der Waals surface area contributed by atoms with Crippen molar-refractivity contribution >= 4 is 35.8 Å². The summed E-state index contributed by atoms with van der Waals surface area (Å²) in [7, 11) is 0. The molecule has 33 heavy (non-hydrogen) atoms. The monoisotopic (exact) mass is 460 g/mol. The third kappa shape index (κ3) is 5.91. The Morgan fingerprint density at radius 2 is 1.06 bits per heavy atom. The van der Waals surface area contributed by atoms with Gasteiger partial charge in [0, 0.05) is 0 Å². The molecule has 2 aromatic rings. The van der Waals surface area contributed by atoms with Gasteiger partial charge in [0.25, 0.3) is 0 Å². The summed E-state index contributed by atoms with van der Waals surface area (Å²) in [5, 5.41) is 36.2. The van der Waals surface area contributed by atoms with Crippen molar-refractivity contribution in [1.82, 2.24) is 0 Å². The predicted molar refractivity (Wildman–Crippen MR) is 106 cm³/mol. The first-order chi connectivity index (χ1) is 15.4. The second-order valence-electron chi connectivity index (χ2n) is 6.56. The fourth-order valence-corrected chi connectivity index (χ4v) is 2.63. The molecule has 4 N–H and O–H groups in total. The zero-order chi connectivity index (χ0) is 24.9. The summed E-state index contributed by atoms with van der Waals surface area (Å²) in [5.74, 6) is -8.10. The van der Waals surface area contributed by atoms with E-state index < -0.39 is 70.8 Å². The number of carbonyl (C=O) groups excluding carboxylic acids is 2. The standard InChI is InChI=1S/C21H16O12/c1-9(33-21(31)11-3-5-13(17(24)25)15(7-11)19(28)29)8-32-20(30)10-2-4-12(16(22)23)14(6-10)18(26)27/h2-7,9H,8H2,1H3,(H,22,23)(H,24,25)(H,26,27)(H,28,29). The summed E-state index contributed by atoms with van der Waals surface area (Å²) in [4.78, 5) is 68.9. The van der Waals surface area contributed by atoms with E-state index in [0.717, 1.165) is 36.4 Å². The zero-order valence-electron chi connectivity index (χ0n) is 16.8. The molecule has 2 aromatic carbocycles. The van der Waals surface area contributed by atoms with Gasteiger partial charge < -0.3 is 29.9 Å². The first-order valence-electron chi connectivity index (χ1n) is 9.01. The highest BCUT2D eigenvalue weighted by Crippen LogP contribution is 2.16. The van der Waals surface area contributed by atoms with Crippen molar-refractivity contribution in [2.24, 2.45) is 0 Å². The minimum atomic E-state index is -1.56. The first kappa shape index (κ1) is 24.5. The lowest BCUT2D eigenvalue weighted by Gasteiger charge is -2.14. The number of carboxylic acid groups (broad SMARTS) is 4. The van der Waals surface area contributed by atoms with Crippen LogP contribution in [0.4, 0.5) is 0 Å². The van der Waals surface area contributed by atoms with Crippen molar-refractivity contribution < 1.29 is 58.7 Å². The molecule has 0 aliphatic heterocycles. The van der Waals surface area contributed by atoms with Crippen LogP contribution in [0.15, 0.2) is 36.4 Å². The van der Waals surface area contributed by atoms with E-state index >= 15 is 0 Å². The molecule has 1 unspecified atom stereocenters. The number of hydrogen-bond donors (Lipinski definition) is 4. The fraction of sp³-hybridized carbons (Fsp3) is 0.143. The van der Waals surface area contributed by atoms with Crippen LogP contribution >= 0.6 is 0 Å². The van der Waals surface area contributed by atoms with Gasteiger partial charge >= 0.3 is 35.8 Å². The second kappa shape index (κ2) is 10.0. The molecule has 12 nitrogen and oxygen atoms in total. The summed E-state index contributed by atoms with van der Waals surface area (Å²) in [6.45, 7) is 0.887. The van der Waals surface area contributed by atoms with Crippen LogP contribution in [-0.4, -0.2) is 69.0 Å². The molecule has 0 aliphatic rings. The molecule has 0 bridgehead atoms. The van der Waals surface area contributed by atoms with Crippen LogP contribution < -0.4 is 0 Å². The average molecular weight is 460 g/mol. The van der Waals surface area contributed by atoms with E-state index in [1.807, 2.05) is 0 Å². The number of aromatic carboxylic acids is 4. The molecular weight excluding hydrogens is 444 g/mol. The van der Waals surface area contributed by atoms with Gasteiger partial charge in [0.2, 0.25) is 0 Å². The minimum Gasteiger partial charge on any atom is -0.478 e. The van der Waals surface area contributed by atoms with Gasteiger partial charge in [0.05, 0.1) is 33.4 Å². The van der Waals surface area contributed by atoms with E-state index in [-0.39, 0.29) is 11.1 Å². The summed E-state index contributed by atoms with van der Waals surface area (Å²) < 4.78 is 9.99. The molecule has 0 fully saturated rings. The van der Waals surface area contributed by atoms with Gasteiger partial charge in [-0.25, -0.2) is 28.8 Å². The Bertz CT molecular complexity index is 1160. The Morgan fingerprint density at radius 3 is 1.45 bits per heavy atom.